The Morgan fingerprint density at radius 1 is 1.00 bits per heavy atom. The molecule has 0 saturated carbocycles. The zero-order valence-electron chi connectivity index (χ0n) is 9.47. The third-order valence-electron chi connectivity index (χ3n) is 2.23. The van der Waals surface area contributed by atoms with Gasteiger partial charge >= 0.3 is 6.18 Å². The number of hydrogen-bond acceptors (Lipinski definition) is 3. The van der Waals surface area contributed by atoms with Crippen LogP contribution in [-0.4, -0.2) is 49.0 Å². The summed E-state index contributed by atoms with van der Waals surface area (Å²) >= 11 is 0. The molecule has 0 heterocycles. The fourth-order valence-electron chi connectivity index (χ4n) is 1.51. The second-order valence-corrected chi connectivity index (χ2v) is 3.82. The average Bonchev–Trinajstić information content (AvgIpc) is 2.15. The highest BCUT2D eigenvalue weighted by Gasteiger charge is 2.29. The number of nitrogens with two attached hydrogens (primary N) is 1. The Bertz CT molecular complexity index is 165. The summed E-state index contributed by atoms with van der Waals surface area (Å²) in [7, 11) is 0. The van der Waals surface area contributed by atoms with Gasteiger partial charge in [0.1, 0.15) is 0 Å². The standard InChI is InChI=1S/C10H21F3N2O/c11-10(12,13)9-15(7-5-14)6-3-1-2-4-8-16/h16H,1-9,14H2. The molecule has 98 valence electrons. The van der Waals surface area contributed by atoms with Crippen molar-refractivity contribution in [2.24, 2.45) is 5.73 Å². The van der Waals surface area contributed by atoms with Crippen molar-refractivity contribution in [3.8, 4) is 0 Å². The number of unbranched alkanes of at least 4 members (excludes halogenated alkanes) is 3. The van der Waals surface area contributed by atoms with Crippen molar-refractivity contribution in [1.29, 1.82) is 0 Å². The van der Waals surface area contributed by atoms with Crippen LogP contribution in [0.3, 0.4) is 0 Å². The second kappa shape index (κ2) is 8.78. The highest BCUT2D eigenvalue weighted by Crippen LogP contribution is 2.16. The van der Waals surface area contributed by atoms with Crippen LogP contribution in [0.4, 0.5) is 13.2 Å². The van der Waals surface area contributed by atoms with E-state index in [2.05, 4.69) is 0 Å². The molecule has 0 amide bonds. The molecule has 0 fully saturated rings. The van der Waals surface area contributed by atoms with E-state index in [-0.39, 0.29) is 19.7 Å². The molecule has 0 bridgehead atoms. The lowest BCUT2D eigenvalue weighted by Crippen LogP contribution is -2.38. The van der Waals surface area contributed by atoms with E-state index in [1.54, 1.807) is 0 Å². The Labute approximate surface area is 94.4 Å². The summed E-state index contributed by atoms with van der Waals surface area (Å²) in [6.07, 6.45) is -1.01. The maximum atomic E-state index is 12.1. The molecule has 0 aromatic carbocycles. The Hall–Kier alpha value is -0.330. The van der Waals surface area contributed by atoms with Crippen molar-refractivity contribution in [2.75, 3.05) is 32.8 Å². The first kappa shape index (κ1) is 15.7. The summed E-state index contributed by atoms with van der Waals surface area (Å²) in [5.74, 6) is 0. The van der Waals surface area contributed by atoms with Crippen LogP contribution < -0.4 is 5.73 Å². The summed E-state index contributed by atoms with van der Waals surface area (Å²) in [6.45, 7) is 0.202. The Morgan fingerprint density at radius 3 is 2.12 bits per heavy atom. The monoisotopic (exact) mass is 242 g/mol. The number of aliphatic hydroxyl groups excluding tert-OH is 1. The van der Waals surface area contributed by atoms with Gasteiger partial charge in [-0.25, -0.2) is 0 Å². The van der Waals surface area contributed by atoms with E-state index < -0.39 is 12.7 Å². The van der Waals surface area contributed by atoms with E-state index in [9.17, 15) is 13.2 Å². The number of aliphatic hydroxyl groups is 1. The van der Waals surface area contributed by atoms with Crippen molar-refractivity contribution < 1.29 is 18.3 Å². The minimum atomic E-state index is -4.15. The van der Waals surface area contributed by atoms with Gasteiger partial charge < -0.3 is 10.8 Å². The van der Waals surface area contributed by atoms with E-state index in [4.69, 9.17) is 10.8 Å². The van der Waals surface area contributed by atoms with Crippen molar-refractivity contribution in [3.63, 3.8) is 0 Å². The van der Waals surface area contributed by atoms with Crippen molar-refractivity contribution in [1.82, 2.24) is 4.90 Å². The lowest BCUT2D eigenvalue weighted by Gasteiger charge is -2.22. The van der Waals surface area contributed by atoms with E-state index in [0.29, 0.717) is 6.54 Å². The largest absolute Gasteiger partial charge is 0.401 e. The minimum Gasteiger partial charge on any atom is -0.396 e. The molecule has 0 aromatic rings. The summed E-state index contributed by atoms with van der Waals surface area (Å²) in [4.78, 5) is 1.33. The first-order chi connectivity index (χ1) is 7.49. The molecule has 0 aliphatic heterocycles. The van der Waals surface area contributed by atoms with Gasteiger partial charge in [-0.3, -0.25) is 4.90 Å². The molecule has 0 atom stereocenters. The lowest BCUT2D eigenvalue weighted by molar-refractivity contribution is -0.145. The fourth-order valence-corrected chi connectivity index (χ4v) is 1.51. The Morgan fingerprint density at radius 2 is 1.62 bits per heavy atom. The predicted molar refractivity (Wildman–Crippen MR) is 57.1 cm³/mol. The van der Waals surface area contributed by atoms with Crippen LogP contribution in [0, 0.1) is 0 Å². The third-order valence-corrected chi connectivity index (χ3v) is 2.23. The number of halogens is 3. The Kier molecular flexibility index (Phi) is 8.60. The maximum Gasteiger partial charge on any atom is 0.401 e. The number of rotatable bonds is 9. The summed E-state index contributed by atoms with van der Waals surface area (Å²) in [5.41, 5.74) is 5.26. The molecular formula is C10H21F3N2O. The first-order valence-corrected chi connectivity index (χ1v) is 5.59. The smallest absolute Gasteiger partial charge is 0.396 e. The zero-order chi connectivity index (χ0) is 12.4. The van der Waals surface area contributed by atoms with Gasteiger partial charge in [0.05, 0.1) is 6.54 Å². The van der Waals surface area contributed by atoms with Crippen molar-refractivity contribution >= 4 is 0 Å². The zero-order valence-corrected chi connectivity index (χ0v) is 9.47. The highest BCUT2D eigenvalue weighted by molar-refractivity contribution is 4.63. The van der Waals surface area contributed by atoms with Crippen LogP contribution in [0.1, 0.15) is 25.7 Å². The molecule has 3 nitrogen and oxygen atoms in total. The molecule has 0 spiro atoms. The molecule has 0 rings (SSSR count). The van der Waals surface area contributed by atoms with Gasteiger partial charge in [0.2, 0.25) is 0 Å². The molecule has 0 aromatic heterocycles. The van der Waals surface area contributed by atoms with Crippen LogP contribution in [-0.2, 0) is 0 Å². The average molecular weight is 242 g/mol. The summed E-state index contributed by atoms with van der Waals surface area (Å²) in [5, 5.41) is 8.54. The van der Waals surface area contributed by atoms with Crippen LogP contribution in [0.2, 0.25) is 0 Å². The topological polar surface area (TPSA) is 49.5 Å². The van der Waals surface area contributed by atoms with Crippen LogP contribution in [0.5, 0.6) is 0 Å². The number of hydrogen-bond donors (Lipinski definition) is 2. The van der Waals surface area contributed by atoms with Crippen molar-refractivity contribution in [2.45, 2.75) is 31.9 Å². The van der Waals surface area contributed by atoms with Gasteiger partial charge in [-0.1, -0.05) is 12.8 Å². The fraction of sp³-hybridized carbons (Fsp3) is 1.00. The predicted octanol–water partition coefficient (Wildman–Crippen LogP) is 1.36. The molecule has 0 aliphatic rings. The molecule has 3 N–H and O–H groups in total. The quantitative estimate of drug-likeness (QED) is 0.600. The van der Waals surface area contributed by atoms with Crippen LogP contribution in [0.15, 0.2) is 0 Å². The number of nitrogens with zero attached hydrogens (tertiary/aromatic N) is 1. The third kappa shape index (κ3) is 10.2. The van der Waals surface area contributed by atoms with E-state index >= 15 is 0 Å². The molecular weight excluding hydrogens is 221 g/mol. The summed E-state index contributed by atoms with van der Waals surface area (Å²) in [6, 6.07) is 0. The normalized spacial score (nSPS) is 12.4. The van der Waals surface area contributed by atoms with Crippen molar-refractivity contribution in [3.05, 3.63) is 0 Å². The van der Waals surface area contributed by atoms with Gasteiger partial charge in [0.15, 0.2) is 0 Å². The van der Waals surface area contributed by atoms with E-state index in [1.807, 2.05) is 0 Å². The van der Waals surface area contributed by atoms with Gasteiger partial charge in [0, 0.05) is 19.7 Å². The molecule has 16 heavy (non-hydrogen) atoms. The molecule has 0 unspecified atom stereocenters. The van der Waals surface area contributed by atoms with Crippen LogP contribution in [0.25, 0.3) is 0 Å². The SMILES string of the molecule is NCCN(CCCCCCO)CC(F)(F)F. The molecule has 0 aliphatic carbocycles. The molecule has 6 heteroatoms. The van der Waals surface area contributed by atoms with Gasteiger partial charge in [-0.15, -0.1) is 0 Å². The van der Waals surface area contributed by atoms with Crippen LogP contribution >= 0.6 is 0 Å². The lowest BCUT2D eigenvalue weighted by atomic mass is 10.2. The maximum absolute atomic E-state index is 12.1. The van der Waals surface area contributed by atoms with Gasteiger partial charge in [0.25, 0.3) is 0 Å². The first-order valence-electron chi connectivity index (χ1n) is 5.59. The molecule has 0 saturated heterocycles. The second-order valence-electron chi connectivity index (χ2n) is 3.82. The highest BCUT2D eigenvalue weighted by atomic mass is 19.4. The van der Waals surface area contributed by atoms with E-state index in [1.165, 1.54) is 4.90 Å². The van der Waals surface area contributed by atoms with Gasteiger partial charge in [-0.05, 0) is 19.4 Å². The summed E-state index contributed by atoms with van der Waals surface area (Å²) < 4.78 is 36.4. The van der Waals surface area contributed by atoms with Gasteiger partial charge in [-0.2, -0.15) is 13.2 Å². The molecule has 0 radical (unpaired) electrons. The van der Waals surface area contributed by atoms with E-state index in [0.717, 1.165) is 25.7 Å². The number of alkyl halides is 3. The minimum absolute atomic E-state index is 0.148. The Balaban J connectivity index is 3.68.